The first-order chi connectivity index (χ1) is 6.21. The number of alkyl halides is 1. The minimum Gasteiger partial charge on any atom is -0.399 e. The van der Waals surface area contributed by atoms with Crippen LogP contribution in [0.1, 0.15) is 12.0 Å². The van der Waals surface area contributed by atoms with Gasteiger partial charge < -0.3 is 11.1 Å². The van der Waals surface area contributed by atoms with Crippen molar-refractivity contribution in [3.63, 3.8) is 0 Å². The Hall–Kier alpha value is -1.09. The van der Waals surface area contributed by atoms with Crippen LogP contribution in [0, 0.1) is 0 Å². The van der Waals surface area contributed by atoms with Gasteiger partial charge in [-0.2, -0.15) is 0 Å². The monoisotopic (exact) mass is 180 g/mol. The van der Waals surface area contributed by atoms with Crippen LogP contribution in [0.3, 0.4) is 0 Å². The molecule has 0 bridgehead atoms. The van der Waals surface area contributed by atoms with E-state index in [0.29, 0.717) is 18.7 Å². The third-order valence-electron chi connectivity index (χ3n) is 2.53. The molecule has 0 saturated carbocycles. The Morgan fingerprint density at radius 2 is 2.00 bits per heavy atom. The molecule has 0 aromatic heterocycles. The SMILES string of the molecule is Nc1ccc(C2(F)CCNC2)cc1. The van der Waals surface area contributed by atoms with E-state index in [9.17, 15) is 4.39 Å². The van der Waals surface area contributed by atoms with Gasteiger partial charge in [0.15, 0.2) is 0 Å². The fraction of sp³-hybridized carbons (Fsp3) is 0.400. The summed E-state index contributed by atoms with van der Waals surface area (Å²) < 4.78 is 14.1. The van der Waals surface area contributed by atoms with Gasteiger partial charge in [-0.05, 0) is 30.7 Å². The van der Waals surface area contributed by atoms with Crippen molar-refractivity contribution >= 4 is 5.69 Å². The Bertz CT molecular complexity index is 288. The highest BCUT2D eigenvalue weighted by Gasteiger charge is 2.35. The van der Waals surface area contributed by atoms with Gasteiger partial charge in [0.25, 0.3) is 0 Å². The molecular formula is C10H13FN2. The lowest BCUT2D eigenvalue weighted by atomic mass is 9.95. The topological polar surface area (TPSA) is 38.0 Å². The summed E-state index contributed by atoms with van der Waals surface area (Å²) in [6, 6.07) is 7.02. The predicted octanol–water partition coefficient (Wildman–Crippen LogP) is 1.43. The molecular weight excluding hydrogens is 167 g/mol. The second kappa shape index (κ2) is 3.00. The van der Waals surface area contributed by atoms with Gasteiger partial charge in [0.05, 0.1) is 0 Å². The smallest absolute Gasteiger partial charge is 0.149 e. The molecule has 1 aliphatic heterocycles. The average Bonchev–Trinajstić information content (AvgIpc) is 2.54. The summed E-state index contributed by atoms with van der Waals surface area (Å²) in [7, 11) is 0. The minimum absolute atomic E-state index is 0.414. The van der Waals surface area contributed by atoms with E-state index in [0.717, 1.165) is 12.1 Å². The quantitative estimate of drug-likeness (QED) is 0.641. The second-order valence-corrected chi connectivity index (χ2v) is 3.51. The van der Waals surface area contributed by atoms with Crippen LogP contribution in [-0.2, 0) is 5.67 Å². The summed E-state index contributed by atoms with van der Waals surface area (Å²) in [5, 5.41) is 3.02. The molecule has 1 aromatic carbocycles. The molecule has 0 spiro atoms. The summed E-state index contributed by atoms with van der Waals surface area (Å²) in [5.74, 6) is 0. The zero-order valence-electron chi connectivity index (χ0n) is 7.39. The highest BCUT2D eigenvalue weighted by atomic mass is 19.1. The molecule has 1 aromatic rings. The molecule has 2 nitrogen and oxygen atoms in total. The molecule has 2 rings (SSSR count). The van der Waals surface area contributed by atoms with Crippen LogP contribution in [0.4, 0.5) is 10.1 Å². The molecule has 1 fully saturated rings. The van der Waals surface area contributed by atoms with Gasteiger partial charge in [0.2, 0.25) is 0 Å². The van der Waals surface area contributed by atoms with Crippen LogP contribution in [0.2, 0.25) is 0 Å². The first kappa shape index (κ1) is 8.51. The number of nitrogens with two attached hydrogens (primary N) is 1. The molecule has 0 amide bonds. The van der Waals surface area contributed by atoms with Crippen LogP contribution in [0.5, 0.6) is 0 Å². The zero-order chi connectivity index (χ0) is 9.31. The lowest BCUT2D eigenvalue weighted by Crippen LogP contribution is -2.23. The maximum absolute atomic E-state index is 14.1. The van der Waals surface area contributed by atoms with E-state index >= 15 is 0 Å². The van der Waals surface area contributed by atoms with E-state index in [1.54, 1.807) is 24.3 Å². The van der Waals surface area contributed by atoms with Gasteiger partial charge >= 0.3 is 0 Å². The molecule has 0 radical (unpaired) electrons. The Balaban J connectivity index is 2.29. The van der Waals surface area contributed by atoms with Crippen LogP contribution in [-0.4, -0.2) is 13.1 Å². The fourth-order valence-electron chi connectivity index (χ4n) is 1.69. The normalized spacial score (nSPS) is 27.8. The Labute approximate surface area is 76.9 Å². The molecule has 1 aliphatic rings. The summed E-state index contributed by atoms with van der Waals surface area (Å²) >= 11 is 0. The van der Waals surface area contributed by atoms with Crippen molar-refractivity contribution in [1.29, 1.82) is 0 Å². The number of nitrogen functional groups attached to an aromatic ring is 1. The van der Waals surface area contributed by atoms with Gasteiger partial charge in [0.1, 0.15) is 5.67 Å². The fourth-order valence-corrected chi connectivity index (χ4v) is 1.69. The standard InChI is InChI=1S/C10H13FN2/c11-10(5-6-13-7-10)8-1-3-9(12)4-2-8/h1-4,13H,5-7,12H2. The second-order valence-electron chi connectivity index (χ2n) is 3.51. The molecule has 70 valence electrons. The summed E-state index contributed by atoms with van der Waals surface area (Å²) in [6.45, 7) is 1.16. The first-order valence-electron chi connectivity index (χ1n) is 4.46. The van der Waals surface area contributed by atoms with Gasteiger partial charge in [-0.3, -0.25) is 0 Å². The predicted molar refractivity (Wildman–Crippen MR) is 51.1 cm³/mol. The van der Waals surface area contributed by atoms with E-state index in [1.165, 1.54) is 0 Å². The highest BCUT2D eigenvalue weighted by Crippen LogP contribution is 2.32. The molecule has 1 heterocycles. The maximum atomic E-state index is 14.1. The van der Waals surface area contributed by atoms with Crippen LogP contribution in [0.15, 0.2) is 24.3 Å². The van der Waals surface area contributed by atoms with Crippen molar-refractivity contribution in [2.24, 2.45) is 0 Å². The third-order valence-corrected chi connectivity index (χ3v) is 2.53. The third kappa shape index (κ3) is 1.52. The minimum atomic E-state index is -1.19. The Morgan fingerprint density at radius 3 is 2.54 bits per heavy atom. The summed E-state index contributed by atoms with van der Waals surface area (Å²) in [5.41, 5.74) is 5.75. The number of benzene rings is 1. The maximum Gasteiger partial charge on any atom is 0.149 e. The van der Waals surface area contributed by atoms with Crippen molar-refractivity contribution < 1.29 is 4.39 Å². The molecule has 3 heteroatoms. The van der Waals surface area contributed by atoms with Crippen LogP contribution in [0.25, 0.3) is 0 Å². The molecule has 3 N–H and O–H groups in total. The molecule has 1 unspecified atom stereocenters. The number of anilines is 1. The van der Waals surface area contributed by atoms with Crippen molar-refractivity contribution in [2.75, 3.05) is 18.8 Å². The molecule has 0 aliphatic carbocycles. The van der Waals surface area contributed by atoms with Gasteiger partial charge in [-0.25, -0.2) is 4.39 Å². The molecule has 1 saturated heterocycles. The number of rotatable bonds is 1. The Morgan fingerprint density at radius 1 is 1.31 bits per heavy atom. The zero-order valence-corrected chi connectivity index (χ0v) is 7.39. The number of hydrogen-bond acceptors (Lipinski definition) is 2. The van der Waals surface area contributed by atoms with Crippen LogP contribution < -0.4 is 11.1 Å². The van der Waals surface area contributed by atoms with Crippen molar-refractivity contribution in [3.8, 4) is 0 Å². The van der Waals surface area contributed by atoms with Gasteiger partial charge in [-0.1, -0.05) is 12.1 Å². The number of hydrogen-bond donors (Lipinski definition) is 2. The number of nitrogens with one attached hydrogen (secondary N) is 1. The van der Waals surface area contributed by atoms with Crippen molar-refractivity contribution in [3.05, 3.63) is 29.8 Å². The van der Waals surface area contributed by atoms with E-state index < -0.39 is 5.67 Å². The average molecular weight is 180 g/mol. The molecule has 1 atom stereocenters. The van der Waals surface area contributed by atoms with E-state index in [-0.39, 0.29) is 0 Å². The van der Waals surface area contributed by atoms with Crippen molar-refractivity contribution in [1.82, 2.24) is 5.32 Å². The van der Waals surface area contributed by atoms with Gasteiger partial charge in [0, 0.05) is 12.2 Å². The van der Waals surface area contributed by atoms with Gasteiger partial charge in [-0.15, -0.1) is 0 Å². The largest absolute Gasteiger partial charge is 0.399 e. The lowest BCUT2D eigenvalue weighted by molar-refractivity contribution is 0.193. The van der Waals surface area contributed by atoms with Crippen LogP contribution >= 0.6 is 0 Å². The van der Waals surface area contributed by atoms with E-state index in [4.69, 9.17) is 5.73 Å². The van der Waals surface area contributed by atoms with E-state index in [1.807, 2.05) is 0 Å². The molecule has 13 heavy (non-hydrogen) atoms. The lowest BCUT2D eigenvalue weighted by Gasteiger charge is -2.18. The van der Waals surface area contributed by atoms with E-state index in [2.05, 4.69) is 5.32 Å². The number of halogens is 1. The first-order valence-corrected chi connectivity index (χ1v) is 4.46. The summed E-state index contributed by atoms with van der Waals surface area (Å²) in [4.78, 5) is 0. The summed E-state index contributed by atoms with van der Waals surface area (Å²) in [6.07, 6.45) is 0.552. The Kier molecular flexibility index (Phi) is 1.96. The highest BCUT2D eigenvalue weighted by molar-refractivity contribution is 5.41. The van der Waals surface area contributed by atoms with Crippen molar-refractivity contribution in [2.45, 2.75) is 12.1 Å².